The van der Waals surface area contributed by atoms with Crippen LogP contribution in [-0.2, 0) is 14.3 Å². The molecular weight excluding hydrogens is 306 g/mol. The minimum Gasteiger partial charge on any atom is -0.371 e. The van der Waals surface area contributed by atoms with E-state index in [1.807, 2.05) is 21.8 Å². The number of fused-ring (bicyclic) bond motifs is 1. The topological polar surface area (TPSA) is 56.6 Å². The summed E-state index contributed by atoms with van der Waals surface area (Å²) in [5.74, 6) is 0.535. The summed E-state index contributed by atoms with van der Waals surface area (Å²) in [6.07, 6.45) is 10.7. The van der Waals surface area contributed by atoms with Crippen LogP contribution in [0.25, 0.3) is 0 Å². The molecule has 24 heavy (non-hydrogen) atoms. The number of hydrogen-bond donors (Lipinski definition) is 0. The Kier molecular flexibility index (Phi) is 4.85. The van der Waals surface area contributed by atoms with Gasteiger partial charge in [-0.1, -0.05) is 25.7 Å². The van der Waals surface area contributed by atoms with E-state index in [9.17, 15) is 4.79 Å². The average Bonchev–Trinajstić information content (AvgIpc) is 3.13. The van der Waals surface area contributed by atoms with Crippen molar-refractivity contribution in [1.82, 2.24) is 14.7 Å². The third-order valence-corrected chi connectivity index (χ3v) is 5.64. The lowest BCUT2D eigenvalue weighted by Gasteiger charge is -2.23. The van der Waals surface area contributed by atoms with E-state index in [-0.39, 0.29) is 24.2 Å². The summed E-state index contributed by atoms with van der Waals surface area (Å²) >= 11 is 0. The molecule has 0 aromatic carbocycles. The Labute approximate surface area is 143 Å². The minimum atomic E-state index is 0.000269. The van der Waals surface area contributed by atoms with E-state index in [4.69, 9.17) is 9.47 Å². The summed E-state index contributed by atoms with van der Waals surface area (Å²) in [7, 11) is 0. The molecule has 0 radical (unpaired) electrons. The zero-order chi connectivity index (χ0) is 16.4. The Morgan fingerprint density at radius 2 is 1.67 bits per heavy atom. The van der Waals surface area contributed by atoms with Gasteiger partial charge in [0.15, 0.2) is 0 Å². The summed E-state index contributed by atoms with van der Waals surface area (Å²) in [6, 6.07) is 2.04. The van der Waals surface area contributed by atoms with Crippen molar-refractivity contribution in [3.63, 3.8) is 0 Å². The largest absolute Gasteiger partial charge is 0.371 e. The average molecular weight is 333 g/mol. The molecule has 1 amide bonds. The van der Waals surface area contributed by atoms with Crippen LogP contribution in [-0.4, -0.2) is 59.1 Å². The maximum absolute atomic E-state index is 12.8. The normalized spacial score (nSPS) is 29.9. The monoisotopic (exact) mass is 333 g/mol. The molecule has 2 aliphatic heterocycles. The van der Waals surface area contributed by atoms with Crippen molar-refractivity contribution in [3.8, 4) is 0 Å². The van der Waals surface area contributed by atoms with Crippen molar-refractivity contribution < 1.29 is 14.3 Å². The number of aromatic nitrogens is 2. The SMILES string of the molecule is O=C(C1CCCCCC1)N1C[C@@H]2OCC(n3cccn3)CO[C@H]2C1. The molecule has 3 heterocycles. The zero-order valence-electron chi connectivity index (χ0n) is 14.2. The summed E-state index contributed by atoms with van der Waals surface area (Å²) in [4.78, 5) is 14.8. The van der Waals surface area contributed by atoms with Gasteiger partial charge in [-0.05, 0) is 18.9 Å². The molecule has 1 aromatic heterocycles. The molecule has 1 aliphatic carbocycles. The lowest BCUT2D eigenvalue weighted by molar-refractivity contribution is -0.135. The number of amides is 1. The van der Waals surface area contributed by atoms with Gasteiger partial charge in [-0.3, -0.25) is 9.48 Å². The molecule has 0 unspecified atom stereocenters. The quantitative estimate of drug-likeness (QED) is 0.777. The Bertz CT molecular complexity index is 524. The molecule has 3 fully saturated rings. The van der Waals surface area contributed by atoms with Gasteiger partial charge in [0.2, 0.25) is 5.91 Å². The van der Waals surface area contributed by atoms with Crippen LogP contribution in [0.3, 0.4) is 0 Å². The van der Waals surface area contributed by atoms with E-state index in [1.165, 1.54) is 25.7 Å². The number of rotatable bonds is 2. The van der Waals surface area contributed by atoms with Crippen LogP contribution in [0.5, 0.6) is 0 Å². The third-order valence-electron chi connectivity index (χ3n) is 5.64. The molecule has 2 saturated heterocycles. The van der Waals surface area contributed by atoms with Gasteiger partial charge in [0.05, 0.1) is 19.3 Å². The van der Waals surface area contributed by atoms with Gasteiger partial charge in [-0.2, -0.15) is 5.10 Å². The summed E-state index contributed by atoms with van der Waals surface area (Å²) in [6.45, 7) is 2.53. The highest BCUT2D eigenvalue weighted by atomic mass is 16.6. The number of likely N-dealkylation sites (tertiary alicyclic amines) is 1. The standard InChI is InChI=1S/C18H27N3O3/c22-18(14-6-3-1-2-4-7-14)20-10-16-17(11-20)24-13-15(12-23-16)21-9-5-8-19-21/h5,8-9,14-17H,1-4,6-7,10-13H2/t16-,17-/m0/s1. The van der Waals surface area contributed by atoms with Gasteiger partial charge in [-0.25, -0.2) is 0 Å². The number of carbonyl (C=O) groups is 1. The smallest absolute Gasteiger partial charge is 0.225 e. The second kappa shape index (κ2) is 7.23. The highest BCUT2D eigenvalue weighted by molar-refractivity contribution is 5.79. The van der Waals surface area contributed by atoms with Gasteiger partial charge >= 0.3 is 0 Å². The van der Waals surface area contributed by atoms with Gasteiger partial charge in [0.1, 0.15) is 12.2 Å². The van der Waals surface area contributed by atoms with Crippen LogP contribution >= 0.6 is 0 Å². The maximum atomic E-state index is 12.8. The Balaban J connectivity index is 1.34. The molecule has 2 atom stereocenters. The number of hydrogen-bond acceptors (Lipinski definition) is 4. The van der Waals surface area contributed by atoms with E-state index in [1.54, 1.807) is 6.20 Å². The van der Waals surface area contributed by atoms with Crippen LogP contribution < -0.4 is 0 Å². The first-order valence-corrected chi connectivity index (χ1v) is 9.32. The summed E-state index contributed by atoms with van der Waals surface area (Å²) in [5.41, 5.74) is 0. The zero-order valence-corrected chi connectivity index (χ0v) is 14.2. The van der Waals surface area contributed by atoms with E-state index in [0.717, 1.165) is 12.8 Å². The van der Waals surface area contributed by atoms with E-state index < -0.39 is 0 Å². The second-order valence-corrected chi connectivity index (χ2v) is 7.32. The molecule has 6 nitrogen and oxygen atoms in total. The summed E-state index contributed by atoms with van der Waals surface area (Å²) in [5, 5.41) is 4.28. The lowest BCUT2D eigenvalue weighted by Crippen LogP contribution is -2.36. The molecule has 0 bridgehead atoms. The second-order valence-electron chi connectivity index (χ2n) is 7.32. The number of carbonyl (C=O) groups excluding carboxylic acids is 1. The molecule has 0 N–H and O–H groups in total. The number of nitrogens with zero attached hydrogens (tertiary/aromatic N) is 3. The predicted octanol–water partition coefficient (Wildman–Crippen LogP) is 2.02. The highest BCUT2D eigenvalue weighted by Crippen LogP contribution is 2.29. The predicted molar refractivity (Wildman–Crippen MR) is 88.5 cm³/mol. The molecule has 0 spiro atoms. The Morgan fingerprint density at radius 3 is 2.25 bits per heavy atom. The molecule has 3 aliphatic rings. The van der Waals surface area contributed by atoms with Crippen LogP contribution in [0.4, 0.5) is 0 Å². The Hall–Kier alpha value is -1.40. The maximum Gasteiger partial charge on any atom is 0.225 e. The van der Waals surface area contributed by atoms with Crippen LogP contribution in [0.1, 0.15) is 44.6 Å². The number of ether oxygens (including phenoxy) is 2. The van der Waals surface area contributed by atoms with Gasteiger partial charge in [-0.15, -0.1) is 0 Å². The molecule has 1 aromatic rings. The van der Waals surface area contributed by atoms with Crippen molar-refractivity contribution in [2.75, 3.05) is 26.3 Å². The molecule has 4 rings (SSSR count). The fraction of sp³-hybridized carbons (Fsp3) is 0.778. The molecule has 6 heteroatoms. The fourth-order valence-electron chi connectivity index (χ4n) is 4.20. The molecule has 1 saturated carbocycles. The van der Waals surface area contributed by atoms with Crippen LogP contribution in [0.15, 0.2) is 18.5 Å². The van der Waals surface area contributed by atoms with Crippen LogP contribution in [0, 0.1) is 5.92 Å². The molecule has 132 valence electrons. The van der Waals surface area contributed by atoms with Crippen molar-refractivity contribution in [3.05, 3.63) is 18.5 Å². The van der Waals surface area contributed by atoms with Crippen molar-refractivity contribution in [2.24, 2.45) is 5.92 Å². The summed E-state index contributed by atoms with van der Waals surface area (Å²) < 4.78 is 14.1. The first-order chi connectivity index (χ1) is 11.8. The highest BCUT2D eigenvalue weighted by Gasteiger charge is 2.41. The van der Waals surface area contributed by atoms with E-state index >= 15 is 0 Å². The van der Waals surface area contributed by atoms with Crippen LogP contribution in [0.2, 0.25) is 0 Å². The van der Waals surface area contributed by atoms with Crippen molar-refractivity contribution >= 4 is 5.91 Å². The minimum absolute atomic E-state index is 0.000269. The first-order valence-electron chi connectivity index (χ1n) is 9.32. The van der Waals surface area contributed by atoms with Gasteiger partial charge in [0, 0.05) is 31.4 Å². The fourth-order valence-corrected chi connectivity index (χ4v) is 4.20. The van der Waals surface area contributed by atoms with Gasteiger partial charge < -0.3 is 14.4 Å². The van der Waals surface area contributed by atoms with E-state index in [2.05, 4.69) is 5.10 Å². The van der Waals surface area contributed by atoms with E-state index in [0.29, 0.717) is 32.2 Å². The molecular formula is C18H27N3O3. The van der Waals surface area contributed by atoms with Crippen molar-refractivity contribution in [2.45, 2.75) is 56.8 Å². The van der Waals surface area contributed by atoms with Crippen molar-refractivity contribution in [1.29, 1.82) is 0 Å². The van der Waals surface area contributed by atoms with Gasteiger partial charge in [0.25, 0.3) is 0 Å². The lowest BCUT2D eigenvalue weighted by atomic mass is 9.99. The first kappa shape index (κ1) is 16.1. The third kappa shape index (κ3) is 3.35. The Morgan fingerprint density at radius 1 is 1.00 bits per heavy atom.